The van der Waals surface area contributed by atoms with Crippen molar-refractivity contribution in [2.75, 3.05) is 10.6 Å². The predicted molar refractivity (Wildman–Crippen MR) is 100 cm³/mol. The fraction of sp³-hybridized carbons (Fsp3) is 0.300. The second-order valence-corrected chi connectivity index (χ2v) is 6.92. The number of carbonyl (C=O) groups excluding carboxylic acids is 2. The van der Waals surface area contributed by atoms with Gasteiger partial charge in [-0.3, -0.25) is 9.59 Å². The SMILES string of the molecule is CCC(=O)Nc1ccc(NC(=O)c2ccc(C(C)(C)C)cc2)c(O)c1. The molecular formula is C20H24N2O3. The number of rotatable bonds is 4. The van der Waals surface area contributed by atoms with E-state index in [1.54, 1.807) is 31.2 Å². The standard InChI is InChI=1S/C20H24N2O3/c1-5-18(24)21-15-10-11-16(17(23)12-15)22-19(25)13-6-8-14(9-7-13)20(2,3)4/h6-12,23H,5H2,1-4H3,(H,21,24)(H,22,25). The van der Waals surface area contributed by atoms with E-state index >= 15 is 0 Å². The van der Waals surface area contributed by atoms with E-state index in [0.717, 1.165) is 5.56 Å². The number of hydrogen-bond acceptors (Lipinski definition) is 3. The topological polar surface area (TPSA) is 78.4 Å². The van der Waals surface area contributed by atoms with Crippen molar-refractivity contribution in [2.45, 2.75) is 39.5 Å². The molecular weight excluding hydrogens is 316 g/mol. The Morgan fingerprint density at radius 2 is 1.64 bits per heavy atom. The number of phenols is 1. The van der Waals surface area contributed by atoms with Crippen LogP contribution in [0.3, 0.4) is 0 Å². The van der Waals surface area contributed by atoms with E-state index in [1.807, 2.05) is 12.1 Å². The molecule has 0 aliphatic rings. The van der Waals surface area contributed by atoms with E-state index in [4.69, 9.17) is 0 Å². The monoisotopic (exact) mass is 340 g/mol. The maximum atomic E-state index is 12.3. The summed E-state index contributed by atoms with van der Waals surface area (Å²) in [4.78, 5) is 23.7. The minimum absolute atomic E-state index is 0.0199. The lowest BCUT2D eigenvalue weighted by Crippen LogP contribution is -2.14. The summed E-state index contributed by atoms with van der Waals surface area (Å²) in [5.41, 5.74) is 2.45. The van der Waals surface area contributed by atoms with Crippen molar-refractivity contribution >= 4 is 23.2 Å². The smallest absolute Gasteiger partial charge is 0.255 e. The third kappa shape index (κ3) is 4.83. The molecule has 0 unspecified atom stereocenters. The van der Waals surface area contributed by atoms with E-state index in [0.29, 0.717) is 23.4 Å². The highest BCUT2D eigenvalue weighted by Crippen LogP contribution is 2.28. The minimum Gasteiger partial charge on any atom is -0.506 e. The van der Waals surface area contributed by atoms with Gasteiger partial charge in [-0.05, 0) is 35.2 Å². The van der Waals surface area contributed by atoms with Gasteiger partial charge >= 0.3 is 0 Å². The summed E-state index contributed by atoms with van der Waals surface area (Å²) < 4.78 is 0. The van der Waals surface area contributed by atoms with Crippen molar-refractivity contribution < 1.29 is 14.7 Å². The average Bonchev–Trinajstić information content (AvgIpc) is 2.56. The fourth-order valence-electron chi connectivity index (χ4n) is 2.28. The van der Waals surface area contributed by atoms with E-state index < -0.39 is 0 Å². The van der Waals surface area contributed by atoms with Crippen LogP contribution < -0.4 is 10.6 Å². The number of aromatic hydroxyl groups is 1. The number of phenolic OH excluding ortho intramolecular Hbond substituents is 1. The van der Waals surface area contributed by atoms with E-state index in [-0.39, 0.29) is 23.0 Å². The zero-order valence-electron chi connectivity index (χ0n) is 15.0. The lowest BCUT2D eigenvalue weighted by Gasteiger charge is -2.19. The maximum absolute atomic E-state index is 12.3. The van der Waals surface area contributed by atoms with E-state index in [1.165, 1.54) is 6.07 Å². The Kier molecular flexibility index (Phi) is 5.47. The van der Waals surface area contributed by atoms with Crippen molar-refractivity contribution in [3.63, 3.8) is 0 Å². The third-order valence-electron chi connectivity index (χ3n) is 3.86. The summed E-state index contributed by atoms with van der Waals surface area (Å²) in [5.74, 6) is -0.551. The molecule has 132 valence electrons. The van der Waals surface area contributed by atoms with Crippen LogP contribution in [0.1, 0.15) is 50.0 Å². The molecule has 0 radical (unpaired) electrons. The Labute approximate surface area is 148 Å². The molecule has 0 aliphatic heterocycles. The molecule has 0 aromatic heterocycles. The fourth-order valence-corrected chi connectivity index (χ4v) is 2.28. The van der Waals surface area contributed by atoms with Crippen molar-refractivity contribution in [1.29, 1.82) is 0 Å². The summed E-state index contributed by atoms with van der Waals surface area (Å²) >= 11 is 0. The first-order valence-electron chi connectivity index (χ1n) is 8.25. The minimum atomic E-state index is -0.305. The molecule has 2 rings (SSSR count). The van der Waals surface area contributed by atoms with Gasteiger partial charge < -0.3 is 15.7 Å². The quantitative estimate of drug-likeness (QED) is 0.727. The lowest BCUT2D eigenvalue weighted by atomic mass is 9.87. The Bertz CT molecular complexity index is 775. The normalized spacial score (nSPS) is 11.0. The number of carbonyl (C=O) groups is 2. The average molecular weight is 340 g/mol. The molecule has 0 aliphatic carbocycles. The highest BCUT2D eigenvalue weighted by Gasteiger charge is 2.15. The molecule has 3 N–H and O–H groups in total. The van der Waals surface area contributed by atoms with Gasteiger partial charge in [0.05, 0.1) is 5.69 Å². The predicted octanol–water partition coefficient (Wildman–Crippen LogP) is 4.29. The Hall–Kier alpha value is -2.82. The molecule has 0 bridgehead atoms. The van der Waals surface area contributed by atoms with Gasteiger partial charge in [-0.25, -0.2) is 0 Å². The summed E-state index contributed by atoms with van der Waals surface area (Å²) in [7, 11) is 0. The van der Waals surface area contributed by atoms with Crippen LogP contribution in [-0.2, 0) is 10.2 Å². The number of hydrogen-bond donors (Lipinski definition) is 3. The summed E-state index contributed by atoms with van der Waals surface area (Å²) in [6, 6.07) is 12.0. The Balaban J connectivity index is 2.11. The van der Waals surface area contributed by atoms with Crippen LogP contribution in [0.15, 0.2) is 42.5 Å². The third-order valence-corrected chi connectivity index (χ3v) is 3.86. The molecule has 5 nitrogen and oxygen atoms in total. The molecule has 0 saturated heterocycles. The van der Waals surface area contributed by atoms with Crippen molar-refractivity contribution in [3.05, 3.63) is 53.6 Å². The number of amides is 2. The zero-order chi connectivity index (χ0) is 18.6. The molecule has 0 atom stereocenters. The van der Waals surface area contributed by atoms with Gasteiger partial charge in [0.25, 0.3) is 5.91 Å². The van der Waals surface area contributed by atoms with Gasteiger partial charge in [-0.1, -0.05) is 39.8 Å². The van der Waals surface area contributed by atoms with E-state index in [2.05, 4.69) is 31.4 Å². The highest BCUT2D eigenvalue weighted by atomic mass is 16.3. The molecule has 2 aromatic rings. The molecule has 2 aromatic carbocycles. The second-order valence-electron chi connectivity index (χ2n) is 6.92. The van der Waals surface area contributed by atoms with E-state index in [9.17, 15) is 14.7 Å². The molecule has 0 saturated carbocycles. The van der Waals surface area contributed by atoms with Crippen molar-refractivity contribution in [1.82, 2.24) is 0 Å². The van der Waals surface area contributed by atoms with Gasteiger partial charge in [0.1, 0.15) is 5.75 Å². The zero-order valence-corrected chi connectivity index (χ0v) is 15.0. The molecule has 0 spiro atoms. The maximum Gasteiger partial charge on any atom is 0.255 e. The van der Waals surface area contributed by atoms with Crippen molar-refractivity contribution in [2.24, 2.45) is 0 Å². The van der Waals surface area contributed by atoms with Crippen LogP contribution in [-0.4, -0.2) is 16.9 Å². The van der Waals surface area contributed by atoms with Crippen LogP contribution >= 0.6 is 0 Å². The first kappa shape index (κ1) is 18.5. The molecule has 2 amide bonds. The van der Waals surface area contributed by atoms with Crippen LogP contribution in [0.2, 0.25) is 0 Å². The van der Waals surface area contributed by atoms with Crippen LogP contribution in [0.5, 0.6) is 5.75 Å². The lowest BCUT2D eigenvalue weighted by molar-refractivity contribution is -0.115. The summed E-state index contributed by atoms with van der Waals surface area (Å²) in [6.45, 7) is 8.08. The first-order chi connectivity index (χ1) is 11.7. The second kappa shape index (κ2) is 7.38. The van der Waals surface area contributed by atoms with Crippen molar-refractivity contribution in [3.8, 4) is 5.75 Å². The molecule has 0 heterocycles. The van der Waals surface area contributed by atoms with Gasteiger partial charge in [0.2, 0.25) is 5.91 Å². The van der Waals surface area contributed by atoms with Crippen LogP contribution in [0.25, 0.3) is 0 Å². The summed E-state index contributed by atoms with van der Waals surface area (Å²) in [5, 5.41) is 15.4. The van der Waals surface area contributed by atoms with Gasteiger partial charge in [0.15, 0.2) is 0 Å². The van der Waals surface area contributed by atoms with Gasteiger partial charge in [-0.2, -0.15) is 0 Å². The molecule has 25 heavy (non-hydrogen) atoms. The van der Waals surface area contributed by atoms with Gasteiger partial charge in [-0.15, -0.1) is 0 Å². The first-order valence-corrected chi connectivity index (χ1v) is 8.25. The Morgan fingerprint density at radius 1 is 1.00 bits per heavy atom. The number of nitrogens with one attached hydrogen (secondary N) is 2. The van der Waals surface area contributed by atoms with Crippen LogP contribution in [0, 0.1) is 0 Å². The largest absolute Gasteiger partial charge is 0.506 e. The molecule has 0 fully saturated rings. The molecule has 5 heteroatoms. The van der Waals surface area contributed by atoms with Crippen LogP contribution in [0.4, 0.5) is 11.4 Å². The number of benzene rings is 2. The summed E-state index contributed by atoms with van der Waals surface area (Å²) in [6.07, 6.45) is 0.351. The highest BCUT2D eigenvalue weighted by molar-refractivity contribution is 6.05. The van der Waals surface area contributed by atoms with Gasteiger partial charge in [0, 0.05) is 23.7 Å². The Morgan fingerprint density at radius 3 is 2.16 bits per heavy atom. The number of anilines is 2.